The van der Waals surface area contributed by atoms with Crippen LogP contribution in [0.15, 0.2) is 53.5 Å². The number of amides is 1. The Morgan fingerprint density at radius 1 is 1.19 bits per heavy atom. The summed E-state index contributed by atoms with van der Waals surface area (Å²) in [7, 11) is 0. The summed E-state index contributed by atoms with van der Waals surface area (Å²) in [6, 6.07) is 11.7. The molecule has 2 aromatic carbocycles. The molecule has 0 spiro atoms. The number of aromatic nitrogens is 1. The van der Waals surface area contributed by atoms with Crippen molar-refractivity contribution in [1.82, 2.24) is 9.88 Å². The molecule has 1 aliphatic heterocycles. The van der Waals surface area contributed by atoms with Crippen LogP contribution in [-0.2, 0) is 13.1 Å². The summed E-state index contributed by atoms with van der Waals surface area (Å²) in [5.41, 5.74) is 1.25. The second kappa shape index (κ2) is 7.24. The standard InChI is InChI=1S/C19H15FN2O4S/c20-14-4-2-1-3-13(14)9-22-10-17(27-19(22)24)18(23)21-8-12-5-6-15-16(7-12)26-11-25-15/h1-7,10H,8-9,11H2,(H,21,23). The normalized spacial score (nSPS) is 12.2. The van der Waals surface area contributed by atoms with E-state index in [0.29, 0.717) is 17.1 Å². The number of ether oxygens (including phenoxy) is 2. The van der Waals surface area contributed by atoms with Gasteiger partial charge in [0.1, 0.15) is 10.7 Å². The Hall–Kier alpha value is -3.13. The summed E-state index contributed by atoms with van der Waals surface area (Å²) in [5, 5.41) is 2.77. The molecule has 1 N–H and O–H groups in total. The Labute approximate surface area is 157 Å². The number of carbonyl (C=O) groups excluding carboxylic acids is 1. The van der Waals surface area contributed by atoms with Crippen LogP contribution in [0.4, 0.5) is 4.39 Å². The molecule has 1 amide bonds. The maximum Gasteiger partial charge on any atom is 0.308 e. The molecule has 2 heterocycles. The van der Waals surface area contributed by atoms with E-state index in [-0.39, 0.29) is 41.4 Å². The number of nitrogens with one attached hydrogen (secondary N) is 1. The van der Waals surface area contributed by atoms with Gasteiger partial charge in [-0.2, -0.15) is 0 Å². The lowest BCUT2D eigenvalue weighted by Crippen LogP contribution is -2.21. The minimum absolute atomic E-state index is 0.0808. The number of halogens is 1. The molecule has 0 aliphatic carbocycles. The minimum atomic E-state index is -0.385. The van der Waals surface area contributed by atoms with Gasteiger partial charge in [0.05, 0.1) is 6.54 Å². The molecule has 0 unspecified atom stereocenters. The summed E-state index contributed by atoms with van der Waals surface area (Å²) in [4.78, 5) is 24.4. The van der Waals surface area contributed by atoms with Crippen molar-refractivity contribution in [1.29, 1.82) is 0 Å². The quantitative estimate of drug-likeness (QED) is 0.732. The van der Waals surface area contributed by atoms with Crippen molar-refractivity contribution in [2.24, 2.45) is 0 Å². The lowest BCUT2D eigenvalue weighted by atomic mass is 10.2. The highest BCUT2D eigenvalue weighted by atomic mass is 32.1. The molecular formula is C19H15FN2O4S. The third-order valence-electron chi connectivity index (χ3n) is 4.12. The first kappa shape index (κ1) is 17.3. The van der Waals surface area contributed by atoms with Crippen LogP contribution in [0.1, 0.15) is 20.8 Å². The maximum atomic E-state index is 13.8. The average Bonchev–Trinajstić information content (AvgIpc) is 3.28. The van der Waals surface area contributed by atoms with Gasteiger partial charge in [-0.15, -0.1) is 0 Å². The molecule has 0 saturated heterocycles. The topological polar surface area (TPSA) is 69.6 Å². The molecule has 0 radical (unpaired) electrons. The highest BCUT2D eigenvalue weighted by molar-refractivity contribution is 7.11. The van der Waals surface area contributed by atoms with E-state index in [1.165, 1.54) is 16.8 Å². The summed E-state index contributed by atoms with van der Waals surface area (Å²) in [6.07, 6.45) is 1.45. The first-order valence-electron chi connectivity index (χ1n) is 8.20. The summed E-state index contributed by atoms with van der Waals surface area (Å²) < 4.78 is 25.7. The Morgan fingerprint density at radius 3 is 2.85 bits per heavy atom. The van der Waals surface area contributed by atoms with Gasteiger partial charge in [-0.3, -0.25) is 9.59 Å². The van der Waals surface area contributed by atoms with Crippen molar-refractivity contribution in [3.8, 4) is 11.5 Å². The molecular weight excluding hydrogens is 371 g/mol. The molecule has 6 nitrogen and oxygen atoms in total. The molecule has 4 rings (SSSR count). The van der Waals surface area contributed by atoms with Crippen molar-refractivity contribution in [2.75, 3.05) is 6.79 Å². The van der Waals surface area contributed by atoms with Gasteiger partial charge in [-0.25, -0.2) is 4.39 Å². The predicted octanol–water partition coefficient (Wildman–Crippen LogP) is 2.76. The number of nitrogens with zero attached hydrogens (tertiary/aromatic N) is 1. The Bertz CT molecular complexity index is 1060. The van der Waals surface area contributed by atoms with Gasteiger partial charge >= 0.3 is 4.87 Å². The molecule has 0 fully saturated rings. The first-order valence-corrected chi connectivity index (χ1v) is 9.02. The summed E-state index contributed by atoms with van der Waals surface area (Å²) in [6.45, 7) is 0.556. The van der Waals surface area contributed by atoms with E-state index in [1.54, 1.807) is 30.3 Å². The van der Waals surface area contributed by atoms with E-state index in [4.69, 9.17) is 9.47 Å². The van der Waals surface area contributed by atoms with E-state index < -0.39 is 0 Å². The van der Waals surface area contributed by atoms with Gasteiger partial charge in [0.15, 0.2) is 11.5 Å². The van der Waals surface area contributed by atoms with Crippen LogP contribution < -0.4 is 19.7 Å². The van der Waals surface area contributed by atoms with Crippen LogP contribution in [0.25, 0.3) is 0 Å². The van der Waals surface area contributed by atoms with Crippen LogP contribution in [0.5, 0.6) is 11.5 Å². The number of hydrogen-bond donors (Lipinski definition) is 1. The predicted molar refractivity (Wildman–Crippen MR) is 97.8 cm³/mol. The molecule has 0 atom stereocenters. The maximum absolute atomic E-state index is 13.8. The molecule has 3 aromatic rings. The fourth-order valence-corrected chi connectivity index (χ4v) is 3.49. The van der Waals surface area contributed by atoms with Crippen LogP contribution in [0.2, 0.25) is 0 Å². The Morgan fingerprint density at radius 2 is 2.00 bits per heavy atom. The van der Waals surface area contributed by atoms with E-state index in [1.807, 2.05) is 6.07 Å². The van der Waals surface area contributed by atoms with Crippen LogP contribution in [0.3, 0.4) is 0 Å². The fraction of sp³-hybridized carbons (Fsp3) is 0.158. The average molecular weight is 386 g/mol. The van der Waals surface area contributed by atoms with E-state index in [0.717, 1.165) is 16.9 Å². The number of rotatable bonds is 5. The summed E-state index contributed by atoms with van der Waals surface area (Å²) in [5.74, 6) is 0.572. The van der Waals surface area contributed by atoms with Crippen molar-refractivity contribution in [3.05, 3.63) is 80.2 Å². The van der Waals surface area contributed by atoms with Crippen LogP contribution in [0, 0.1) is 5.82 Å². The number of benzene rings is 2. The van der Waals surface area contributed by atoms with Crippen molar-refractivity contribution in [3.63, 3.8) is 0 Å². The monoisotopic (exact) mass is 386 g/mol. The molecule has 0 saturated carbocycles. The number of hydrogen-bond acceptors (Lipinski definition) is 5. The van der Waals surface area contributed by atoms with E-state index >= 15 is 0 Å². The van der Waals surface area contributed by atoms with Gasteiger partial charge in [-0.05, 0) is 23.8 Å². The van der Waals surface area contributed by atoms with Crippen molar-refractivity contribution in [2.45, 2.75) is 13.1 Å². The molecule has 8 heteroatoms. The number of thiazole rings is 1. The Balaban J connectivity index is 1.43. The molecule has 1 aromatic heterocycles. The zero-order valence-corrected chi connectivity index (χ0v) is 14.9. The Kier molecular flexibility index (Phi) is 4.64. The second-order valence-corrected chi connectivity index (χ2v) is 6.94. The number of fused-ring (bicyclic) bond motifs is 1. The van der Waals surface area contributed by atoms with Gasteiger partial charge in [0.25, 0.3) is 5.91 Å². The fourth-order valence-electron chi connectivity index (χ4n) is 2.72. The lowest BCUT2D eigenvalue weighted by molar-refractivity contribution is 0.0954. The zero-order chi connectivity index (χ0) is 18.8. The van der Waals surface area contributed by atoms with Gasteiger partial charge in [0, 0.05) is 18.3 Å². The van der Waals surface area contributed by atoms with Gasteiger partial charge < -0.3 is 19.4 Å². The summed E-state index contributed by atoms with van der Waals surface area (Å²) >= 11 is 0.831. The third-order valence-corrected chi connectivity index (χ3v) is 5.04. The van der Waals surface area contributed by atoms with E-state index in [9.17, 15) is 14.0 Å². The molecule has 27 heavy (non-hydrogen) atoms. The van der Waals surface area contributed by atoms with E-state index in [2.05, 4.69) is 5.32 Å². The van der Waals surface area contributed by atoms with Gasteiger partial charge in [0.2, 0.25) is 6.79 Å². The molecule has 1 aliphatic rings. The smallest absolute Gasteiger partial charge is 0.308 e. The van der Waals surface area contributed by atoms with Crippen molar-refractivity contribution >= 4 is 17.2 Å². The molecule has 138 valence electrons. The van der Waals surface area contributed by atoms with Gasteiger partial charge in [-0.1, -0.05) is 35.6 Å². The second-order valence-electron chi connectivity index (χ2n) is 5.95. The lowest BCUT2D eigenvalue weighted by Gasteiger charge is -2.05. The number of carbonyl (C=O) groups is 1. The first-order chi connectivity index (χ1) is 13.1. The SMILES string of the molecule is O=C(NCc1ccc2c(c1)OCO2)c1cn(Cc2ccccc2F)c(=O)s1. The van der Waals surface area contributed by atoms with Crippen LogP contribution >= 0.6 is 11.3 Å². The zero-order valence-electron chi connectivity index (χ0n) is 14.1. The highest BCUT2D eigenvalue weighted by Gasteiger charge is 2.15. The highest BCUT2D eigenvalue weighted by Crippen LogP contribution is 2.32. The van der Waals surface area contributed by atoms with Crippen molar-refractivity contribution < 1.29 is 18.7 Å². The largest absolute Gasteiger partial charge is 0.454 e. The van der Waals surface area contributed by atoms with Crippen LogP contribution in [-0.4, -0.2) is 17.3 Å². The molecule has 0 bridgehead atoms. The third kappa shape index (κ3) is 3.70. The minimum Gasteiger partial charge on any atom is -0.454 e.